The number of carbonyl (C=O) groups is 2. The standard InChI is InChI=1S/C20H20FN5O5S/c21-13-5-3-12(4-6-13)10-24-20(29)17-18(28)16-14(2-1-7-23-16)19(25-17)26-11-15(27)22-8-9-32(26,30)31/h1-7,28,30-31H,8-11H2,(H,22,27)(H,24,29). The molecule has 168 valence electrons. The van der Waals surface area contributed by atoms with Gasteiger partial charge in [0.2, 0.25) is 5.91 Å². The third kappa shape index (κ3) is 4.28. The normalized spacial score (nSPS) is 16.8. The number of carbonyl (C=O) groups excluding carboxylic acids is 2. The molecule has 12 heteroatoms. The van der Waals surface area contributed by atoms with Crippen LogP contribution in [0.5, 0.6) is 5.75 Å². The lowest BCUT2D eigenvalue weighted by atomic mass is 10.2. The second-order valence-corrected chi connectivity index (χ2v) is 9.18. The summed E-state index contributed by atoms with van der Waals surface area (Å²) in [5.74, 6) is -2.29. The molecule has 1 aliphatic heterocycles. The minimum atomic E-state index is -3.44. The Morgan fingerprint density at radius 2 is 2.00 bits per heavy atom. The molecule has 0 bridgehead atoms. The van der Waals surface area contributed by atoms with E-state index in [9.17, 15) is 28.2 Å². The Kier molecular flexibility index (Phi) is 5.82. The number of aromatic nitrogens is 2. The zero-order valence-corrected chi connectivity index (χ0v) is 17.5. The lowest BCUT2D eigenvalue weighted by Gasteiger charge is -2.41. The van der Waals surface area contributed by atoms with Crippen LogP contribution in [0.25, 0.3) is 10.9 Å². The number of rotatable bonds is 4. The van der Waals surface area contributed by atoms with Crippen molar-refractivity contribution in [1.29, 1.82) is 0 Å². The van der Waals surface area contributed by atoms with Crippen molar-refractivity contribution >= 4 is 39.3 Å². The highest BCUT2D eigenvalue weighted by Crippen LogP contribution is 2.48. The summed E-state index contributed by atoms with van der Waals surface area (Å²) in [7, 11) is -3.44. The van der Waals surface area contributed by atoms with Gasteiger partial charge in [-0.2, -0.15) is 0 Å². The predicted molar refractivity (Wildman–Crippen MR) is 117 cm³/mol. The van der Waals surface area contributed by atoms with Gasteiger partial charge in [0.25, 0.3) is 5.91 Å². The molecule has 1 aliphatic rings. The highest BCUT2D eigenvalue weighted by Gasteiger charge is 2.33. The Morgan fingerprint density at radius 3 is 2.75 bits per heavy atom. The molecular formula is C20H20FN5O5S. The van der Waals surface area contributed by atoms with E-state index in [4.69, 9.17) is 0 Å². The summed E-state index contributed by atoms with van der Waals surface area (Å²) in [6.07, 6.45) is 1.40. The molecule has 2 amide bonds. The van der Waals surface area contributed by atoms with E-state index in [1.807, 2.05) is 0 Å². The molecule has 0 spiro atoms. The average Bonchev–Trinajstić information content (AvgIpc) is 2.90. The van der Waals surface area contributed by atoms with Gasteiger partial charge >= 0.3 is 0 Å². The molecule has 1 aromatic carbocycles. The van der Waals surface area contributed by atoms with Gasteiger partial charge in [0.15, 0.2) is 17.3 Å². The molecule has 3 heterocycles. The molecule has 0 saturated carbocycles. The average molecular weight is 461 g/mol. The first-order valence-electron chi connectivity index (χ1n) is 9.57. The van der Waals surface area contributed by atoms with E-state index >= 15 is 0 Å². The summed E-state index contributed by atoms with van der Waals surface area (Å²) in [5, 5.41) is 16.1. The largest absolute Gasteiger partial charge is 0.504 e. The number of halogens is 1. The summed E-state index contributed by atoms with van der Waals surface area (Å²) in [5.41, 5.74) is 0.245. The number of hydrogen-bond donors (Lipinski definition) is 5. The number of nitrogens with one attached hydrogen (secondary N) is 2. The van der Waals surface area contributed by atoms with Crippen LogP contribution in [0.3, 0.4) is 0 Å². The lowest BCUT2D eigenvalue weighted by Crippen LogP contribution is -2.35. The highest BCUT2D eigenvalue weighted by molar-refractivity contribution is 8.25. The summed E-state index contributed by atoms with van der Waals surface area (Å²) in [4.78, 5) is 33.2. The Bertz CT molecular complexity index is 1190. The predicted octanol–water partition coefficient (Wildman–Crippen LogP) is 2.01. The monoisotopic (exact) mass is 461 g/mol. The van der Waals surface area contributed by atoms with Crippen molar-refractivity contribution in [3.05, 3.63) is 59.7 Å². The van der Waals surface area contributed by atoms with E-state index < -0.39 is 46.4 Å². The van der Waals surface area contributed by atoms with Gasteiger partial charge in [-0.05, 0) is 29.8 Å². The van der Waals surface area contributed by atoms with Gasteiger partial charge in [0.1, 0.15) is 17.9 Å². The fourth-order valence-electron chi connectivity index (χ4n) is 3.26. The van der Waals surface area contributed by atoms with Crippen LogP contribution < -0.4 is 14.9 Å². The fraction of sp³-hybridized carbons (Fsp3) is 0.200. The van der Waals surface area contributed by atoms with Crippen molar-refractivity contribution < 1.29 is 28.2 Å². The van der Waals surface area contributed by atoms with Crippen molar-refractivity contribution in [2.75, 3.05) is 23.1 Å². The van der Waals surface area contributed by atoms with Crippen LogP contribution in [-0.2, 0) is 11.3 Å². The van der Waals surface area contributed by atoms with Crippen LogP contribution in [0.2, 0.25) is 0 Å². The minimum Gasteiger partial charge on any atom is -0.504 e. The van der Waals surface area contributed by atoms with Crippen LogP contribution in [0.15, 0.2) is 42.6 Å². The van der Waals surface area contributed by atoms with Crippen molar-refractivity contribution in [2.45, 2.75) is 6.54 Å². The number of aromatic hydroxyl groups is 1. The molecule has 1 fully saturated rings. The molecule has 5 N–H and O–H groups in total. The number of benzene rings is 1. The van der Waals surface area contributed by atoms with Gasteiger partial charge in [-0.1, -0.05) is 12.1 Å². The SMILES string of the molecule is O=C1CN(c2nc(C(=O)NCc3ccc(F)cc3)c(O)c3ncccc23)S(O)(O)CCN1. The third-order valence-electron chi connectivity index (χ3n) is 4.87. The van der Waals surface area contributed by atoms with Gasteiger partial charge < -0.3 is 15.7 Å². The molecule has 1 saturated heterocycles. The van der Waals surface area contributed by atoms with E-state index in [0.717, 1.165) is 4.31 Å². The topological polar surface area (TPSA) is 148 Å². The van der Waals surface area contributed by atoms with E-state index in [2.05, 4.69) is 20.6 Å². The van der Waals surface area contributed by atoms with Gasteiger partial charge in [-0.15, -0.1) is 10.8 Å². The third-order valence-corrected chi connectivity index (χ3v) is 6.63. The maximum Gasteiger partial charge on any atom is 0.274 e. The Hall–Kier alpha value is -3.48. The van der Waals surface area contributed by atoms with Crippen LogP contribution in [-0.4, -0.2) is 54.8 Å². The molecule has 0 atom stereocenters. The molecule has 3 aromatic rings. The first-order valence-corrected chi connectivity index (χ1v) is 11.2. The molecule has 0 aliphatic carbocycles. The lowest BCUT2D eigenvalue weighted by molar-refractivity contribution is -0.119. The van der Waals surface area contributed by atoms with Crippen LogP contribution >= 0.6 is 10.8 Å². The van der Waals surface area contributed by atoms with Crippen molar-refractivity contribution in [1.82, 2.24) is 20.6 Å². The van der Waals surface area contributed by atoms with E-state index in [0.29, 0.717) is 5.56 Å². The molecular weight excluding hydrogens is 441 g/mol. The van der Waals surface area contributed by atoms with Crippen LogP contribution in [0, 0.1) is 5.82 Å². The van der Waals surface area contributed by atoms with E-state index in [1.165, 1.54) is 30.5 Å². The van der Waals surface area contributed by atoms with Crippen molar-refractivity contribution in [2.24, 2.45) is 0 Å². The number of nitrogens with zero attached hydrogens (tertiary/aromatic N) is 3. The van der Waals surface area contributed by atoms with Gasteiger partial charge in [0, 0.05) is 24.7 Å². The molecule has 32 heavy (non-hydrogen) atoms. The number of amides is 2. The maximum atomic E-state index is 13.1. The first-order chi connectivity index (χ1) is 15.3. The van der Waals surface area contributed by atoms with Crippen molar-refractivity contribution in [3.8, 4) is 5.75 Å². The Labute approximate surface area is 183 Å². The van der Waals surface area contributed by atoms with Crippen LogP contribution in [0.4, 0.5) is 10.2 Å². The summed E-state index contributed by atoms with van der Waals surface area (Å²) < 4.78 is 35.4. The molecule has 4 rings (SSSR count). The van der Waals surface area contributed by atoms with Crippen LogP contribution in [0.1, 0.15) is 16.1 Å². The summed E-state index contributed by atoms with van der Waals surface area (Å²) >= 11 is 0. The Balaban J connectivity index is 1.75. The second-order valence-electron chi connectivity index (χ2n) is 7.06. The minimum absolute atomic E-state index is 0.0179. The highest BCUT2D eigenvalue weighted by atomic mass is 32.3. The number of fused-ring (bicyclic) bond motifs is 1. The van der Waals surface area contributed by atoms with E-state index in [1.54, 1.807) is 12.1 Å². The smallest absolute Gasteiger partial charge is 0.274 e. The van der Waals surface area contributed by atoms with Gasteiger partial charge in [0.05, 0.1) is 5.75 Å². The van der Waals surface area contributed by atoms with E-state index in [-0.39, 0.29) is 35.6 Å². The first kappa shape index (κ1) is 21.7. The summed E-state index contributed by atoms with van der Waals surface area (Å²) in [6, 6.07) is 8.62. The van der Waals surface area contributed by atoms with Crippen molar-refractivity contribution in [3.63, 3.8) is 0 Å². The molecule has 0 unspecified atom stereocenters. The zero-order valence-electron chi connectivity index (χ0n) is 16.7. The van der Waals surface area contributed by atoms with Gasteiger partial charge in [-0.3, -0.25) is 23.7 Å². The molecule has 0 radical (unpaired) electrons. The quantitative estimate of drug-likeness (QED) is 0.396. The summed E-state index contributed by atoms with van der Waals surface area (Å²) in [6.45, 7) is -0.297. The number of hydrogen-bond acceptors (Lipinski definition) is 8. The molecule has 10 nitrogen and oxygen atoms in total. The fourth-order valence-corrected chi connectivity index (χ4v) is 4.60. The maximum absolute atomic E-state index is 13.1. The number of anilines is 1. The Morgan fingerprint density at radius 1 is 1.25 bits per heavy atom. The van der Waals surface area contributed by atoms with Gasteiger partial charge in [-0.25, -0.2) is 13.7 Å². The number of pyridine rings is 2. The molecule has 2 aromatic heterocycles. The second kappa shape index (κ2) is 8.57. The zero-order chi connectivity index (χ0) is 22.9.